The summed E-state index contributed by atoms with van der Waals surface area (Å²) in [4.78, 5) is 5.18. The van der Waals surface area contributed by atoms with Gasteiger partial charge in [-0.05, 0) is 25.8 Å². The minimum atomic E-state index is 0.512. The highest BCUT2D eigenvalue weighted by atomic mass is 16.3. The molecule has 1 N–H and O–H groups in total. The van der Waals surface area contributed by atoms with E-state index in [0.717, 1.165) is 30.7 Å². The summed E-state index contributed by atoms with van der Waals surface area (Å²) in [6, 6.07) is 3.66. The van der Waals surface area contributed by atoms with E-state index < -0.39 is 0 Å². The molecule has 0 amide bonds. The first kappa shape index (κ1) is 15.1. The lowest BCUT2D eigenvalue weighted by molar-refractivity contribution is 0.115. The molecule has 0 aromatic carbocycles. The molecule has 1 aromatic rings. The maximum atomic E-state index is 5.94. The Balaban J connectivity index is 1.49. The van der Waals surface area contributed by atoms with E-state index in [1.54, 1.807) is 0 Å². The van der Waals surface area contributed by atoms with Crippen LogP contribution in [-0.4, -0.2) is 48.1 Å². The van der Waals surface area contributed by atoms with Gasteiger partial charge in [0, 0.05) is 50.4 Å². The molecular weight excluding hydrogens is 262 g/mol. The van der Waals surface area contributed by atoms with Crippen molar-refractivity contribution in [3.63, 3.8) is 0 Å². The van der Waals surface area contributed by atoms with E-state index in [9.17, 15) is 0 Å². The van der Waals surface area contributed by atoms with Gasteiger partial charge in [-0.3, -0.25) is 9.80 Å². The summed E-state index contributed by atoms with van der Waals surface area (Å²) in [7, 11) is 0. The van der Waals surface area contributed by atoms with Gasteiger partial charge in [0.15, 0.2) is 0 Å². The Labute approximate surface area is 128 Å². The molecule has 1 saturated carbocycles. The van der Waals surface area contributed by atoms with Crippen molar-refractivity contribution in [1.29, 1.82) is 0 Å². The van der Waals surface area contributed by atoms with Crippen molar-refractivity contribution < 1.29 is 4.42 Å². The molecule has 2 heterocycles. The van der Waals surface area contributed by atoms with Crippen LogP contribution in [0.2, 0.25) is 0 Å². The van der Waals surface area contributed by atoms with E-state index in [2.05, 4.69) is 42.0 Å². The third-order valence-electron chi connectivity index (χ3n) is 4.62. The summed E-state index contributed by atoms with van der Waals surface area (Å²) in [5.74, 6) is 2.18. The van der Waals surface area contributed by atoms with Gasteiger partial charge in [0.1, 0.15) is 11.5 Å². The second-order valence-corrected chi connectivity index (χ2v) is 6.87. The van der Waals surface area contributed by atoms with Gasteiger partial charge in [0.25, 0.3) is 0 Å². The topological polar surface area (TPSA) is 31.7 Å². The third kappa shape index (κ3) is 4.09. The van der Waals surface area contributed by atoms with E-state index in [0.29, 0.717) is 6.04 Å². The van der Waals surface area contributed by atoms with Gasteiger partial charge in [-0.1, -0.05) is 13.8 Å². The average Bonchev–Trinajstić information content (AvgIpc) is 3.23. The monoisotopic (exact) mass is 291 g/mol. The van der Waals surface area contributed by atoms with Crippen LogP contribution in [0.4, 0.5) is 0 Å². The van der Waals surface area contributed by atoms with Crippen LogP contribution in [0.3, 0.4) is 0 Å². The molecule has 0 radical (unpaired) electrons. The molecule has 0 atom stereocenters. The van der Waals surface area contributed by atoms with Gasteiger partial charge in [-0.25, -0.2) is 0 Å². The SMILES string of the molecule is Cc1oc(CN2CCN(C3CC3)CC2)cc1CNC(C)C. The van der Waals surface area contributed by atoms with Gasteiger partial charge < -0.3 is 9.73 Å². The number of furan rings is 1. The fourth-order valence-corrected chi connectivity index (χ4v) is 3.10. The predicted molar refractivity (Wildman–Crippen MR) is 85.3 cm³/mol. The van der Waals surface area contributed by atoms with Gasteiger partial charge in [-0.15, -0.1) is 0 Å². The average molecular weight is 291 g/mol. The van der Waals surface area contributed by atoms with Crippen LogP contribution in [0.5, 0.6) is 0 Å². The molecule has 1 aliphatic heterocycles. The standard InChI is InChI=1S/C17H29N3O/c1-13(2)18-11-15-10-17(21-14(15)3)12-19-6-8-20(9-7-19)16-4-5-16/h10,13,16,18H,4-9,11-12H2,1-3H3. The van der Waals surface area contributed by atoms with Crippen LogP contribution in [0.1, 0.15) is 43.8 Å². The normalized spacial score (nSPS) is 21.3. The molecule has 0 spiro atoms. The zero-order valence-electron chi connectivity index (χ0n) is 13.7. The number of rotatable bonds is 6. The summed E-state index contributed by atoms with van der Waals surface area (Å²) in [6.45, 7) is 13.1. The van der Waals surface area contributed by atoms with Gasteiger partial charge in [0.05, 0.1) is 6.54 Å². The lowest BCUT2D eigenvalue weighted by atomic mass is 10.2. The number of nitrogens with one attached hydrogen (secondary N) is 1. The molecule has 1 aromatic heterocycles. The van der Waals surface area contributed by atoms with Crippen molar-refractivity contribution in [1.82, 2.24) is 15.1 Å². The summed E-state index contributed by atoms with van der Waals surface area (Å²) in [6.07, 6.45) is 2.84. The van der Waals surface area contributed by atoms with Crippen LogP contribution < -0.4 is 5.32 Å². The lowest BCUT2D eigenvalue weighted by Crippen LogP contribution is -2.46. The fraction of sp³-hybridized carbons (Fsp3) is 0.765. The van der Waals surface area contributed by atoms with Crippen molar-refractivity contribution in [3.8, 4) is 0 Å². The smallest absolute Gasteiger partial charge is 0.118 e. The number of aryl methyl sites for hydroxylation is 1. The molecule has 2 fully saturated rings. The fourth-order valence-electron chi connectivity index (χ4n) is 3.10. The lowest BCUT2D eigenvalue weighted by Gasteiger charge is -2.34. The number of piperazine rings is 1. The van der Waals surface area contributed by atoms with Crippen molar-refractivity contribution in [2.75, 3.05) is 26.2 Å². The largest absolute Gasteiger partial charge is 0.465 e. The predicted octanol–water partition coefficient (Wildman–Crippen LogP) is 2.37. The van der Waals surface area contributed by atoms with Gasteiger partial charge in [-0.2, -0.15) is 0 Å². The first-order valence-electron chi connectivity index (χ1n) is 8.40. The van der Waals surface area contributed by atoms with Crippen molar-refractivity contribution in [2.45, 2.75) is 58.8 Å². The first-order chi connectivity index (χ1) is 10.1. The first-order valence-corrected chi connectivity index (χ1v) is 8.40. The number of hydrogen-bond donors (Lipinski definition) is 1. The van der Waals surface area contributed by atoms with Gasteiger partial charge >= 0.3 is 0 Å². The molecule has 1 saturated heterocycles. The zero-order chi connectivity index (χ0) is 14.8. The molecule has 2 aliphatic rings. The zero-order valence-corrected chi connectivity index (χ0v) is 13.7. The Kier molecular flexibility index (Phi) is 4.67. The van der Waals surface area contributed by atoms with E-state index in [-0.39, 0.29) is 0 Å². The van der Waals surface area contributed by atoms with E-state index in [1.807, 2.05) is 0 Å². The summed E-state index contributed by atoms with van der Waals surface area (Å²) < 4.78 is 5.94. The van der Waals surface area contributed by atoms with E-state index >= 15 is 0 Å². The van der Waals surface area contributed by atoms with E-state index in [1.165, 1.54) is 44.6 Å². The highest BCUT2D eigenvalue weighted by molar-refractivity contribution is 5.20. The van der Waals surface area contributed by atoms with Gasteiger partial charge in [0.2, 0.25) is 0 Å². The Morgan fingerprint density at radius 3 is 2.57 bits per heavy atom. The molecular formula is C17H29N3O. The number of hydrogen-bond acceptors (Lipinski definition) is 4. The van der Waals surface area contributed by atoms with E-state index in [4.69, 9.17) is 4.42 Å². The quantitative estimate of drug-likeness (QED) is 0.872. The molecule has 3 rings (SSSR count). The highest BCUT2D eigenvalue weighted by Crippen LogP contribution is 2.27. The molecule has 0 bridgehead atoms. The van der Waals surface area contributed by atoms with Crippen LogP contribution in [0.25, 0.3) is 0 Å². The van der Waals surface area contributed by atoms with Crippen molar-refractivity contribution in [3.05, 3.63) is 23.2 Å². The van der Waals surface area contributed by atoms with Crippen LogP contribution in [-0.2, 0) is 13.1 Å². The maximum absolute atomic E-state index is 5.94. The molecule has 21 heavy (non-hydrogen) atoms. The summed E-state index contributed by atoms with van der Waals surface area (Å²) in [5.41, 5.74) is 1.30. The summed E-state index contributed by atoms with van der Waals surface area (Å²) >= 11 is 0. The molecule has 1 aliphatic carbocycles. The number of nitrogens with zero attached hydrogens (tertiary/aromatic N) is 2. The third-order valence-corrected chi connectivity index (χ3v) is 4.62. The maximum Gasteiger partial charge on any atom is 0.118 e. The minimum absolute atomic E-state index is 0.512. The Bertz CT molecular complexity index is 457. The summed E-state index contributed by atoms with van der Waals surface area (Å²) in [5, 5.41) is 3.46. The second-order valence-electron chi connectivity index (χ2n) is 6.87. The molecule has 118 valence electrons. The second kappa shape index (κ2) is 6.51. The van der Waals surface area contributed by atoms with Crippen LogP contribution >= 0.6 is 0 Å². The Morgan fingerprint density at radius 1 is 1.24 bits per heavy atom. The minimum Gasteiger partial charge on any atom is -0.465 e. The van der Waals surface area contributed by atoms with Crippen LogP contribution in [0, 0.1) is 6.92 Å². The molecule has 4 heteroatoms. The van der Waals surface area contributed by atoms with Crippen LogP contribution in [0.15, 0.2) is 10.5 Å². The van der Waals surface area contributed by atoms with Crippen molar-refractivity contribution in [2.24, 2.45) is 0 Å². The highest BCUT2D eigenvalue weighted by Gasteiger charge is 2.31. The molecule has 4 nitrogen and oxygen atoms in total. The molecule has 0 unspecified atom stereocenters. The Morgan fingerprint density at radius 2 is 1.95 bits per heavy atom. The van der Waals surface area contributed by atoms with Crippen molar-refractivity contribution >= 4 is 0 Å². The Hall–Kier alpha value is -0.840.